The monoisotopic (exact) mass is 399 g/mol. The Hall–Kier alpha value is -2.45. The van der Waals surface area contributed by atoms with Crippen LogP contribution in [0.4, 0.5) is 17.6 Å². The number of hydrogen-bond acceptors (Lipinski definition) is 3. The zero-order chi connectivity index (χ0) is 20.9. The van der Waals surface area contributed by atoms with Gasteiger partial charge in [-0.2, -0.15) is 13.2 Å². The van der Waals surface area contributed by atoms with E-state index in [-0.39, 0.29) is 25.1 Å². The molecule has 4 nitrogen and oxygen atoms in total. The number of aliphatic hydroxyl groups is 1. The maximum absolute atomic E-state index is 12.9. The zero-order valence-corrected chi connectivity index (χ0v) is 14.9. The van der Waals surface area contributed by atoms with Crippen LogP contribution in [-0.4, -0.2) is 27.8 Å². The second-order valence-corrected chi connectivity index (χ2v) is 6.86. The van der Waals surface area contributed by atoms with Crippen LogP contribution in [0.1, 0.15) is 29.5 Å². The highest BCUT2D eigenvalue weighted by Gasteiger charge is 2.37. The summed E-state index contributed by atoms with van der Waals surface area (Å²) in [5.41, 5.74) is 4.39. The fourth-order valence-corrected chi connectivity index (χ4v) is 2.92. The van der Waals surface area contributed by atoms with Crippen molar-refractivity contribution in [3.63, 3.8) is 0 Å². The number of benzene rings is 2. The van der Waals surface area contributed by atoms with Gasteiger partial charge < -0.3 is 15.9 Å². The van der Waals surface area contributed by atoms with Crippen molar-refractivity contribution in [1.82, 2.24) is 0 Å². The molecule has 0 fully saturated rings. The maximum atomic E-state index is 12.9. The van der Waals surface area contributed by atoms with Crippen LogP contribution in [0.2, 0.25) is 0 Å². The molecule has 0 saturated heterocycles. The number of aliphatic carboxylic acids is 1. The topological polar surface area (TPSA) is 83.5 Å². The Bertz CT molecular complexity index is 791. The Morgan fingerprint density at radius 2 is 1.54 bits per heavy atom. The van der Waals surface area contributed by atoms with Crippen LogP contribution in [0.25, 0.3) is 0 Å². The number of alkyl halides is 3. The lowest BCUT2D eigenvalue weighted by Gasteiger charge is -2.27. The Morgan fingerprint density at radius 3 is 2.04 bits per heavy atom. The Kier molecular flexibility index (Phi) is 6.79. The van der Waals surface area contributed by atoms with Crippen LogP contribution in [0, 0.1) is 5.82 Å². The first kappa shape index (κ1) is 21.8. The molecular weight excluding hydrogens is 378 g/mol. The molecule has 0 aliphatic rings. The summed E-state index contributed by atoms with van der Waals surface area (Å²) in [6, 6.07) is 9.80. The van der Waals surface area contributed by atoms with E-state index in [4.69, 9.17) is 5.73 Å². The highest BCUT2D eigenvalue weighted by Crippen LogP contribution is 2.30. The van der Waals surface area contributed by atoms with Crippen molar-refractivity contribution < 1.29 is 32.6 Å². The van der Waals surface area contributed by atoms with Crippen LogP contribution in [0.3, 0.4) is 0 Å². The summed E-state index contributed by atoms with van der Waals surface area (Å²) in [5, 5.41) is 19.7. The molecule has 0 unspecified atom stereocenters. The highest BCUT2D eigenvalue weighted by atomic mass is 19.4. The third kappa shape index (κ3) is 6.03. The molecule has 0 bridgehead atoms. The van der Waals surface area contributed by atoms with E-state index < -0.39 is 29.4 Å². The molecule has 28 heavy (non-hydrogen) atoms. The second-order valence-electron chi connectivity index (χ2n) is 6.86. The van der Waals surface area contributed by atoms with E-state index in [1.165, 1.54) is 24.3 Å². The number of aliphatic hydroxyl groups excluding tert-OH is 1. The quantitative estimate of drug-likeness (QED) is 0.593. The number of hydrogen-bond donors (Lipinski definition) is 3. The predicted octanol–water partition coefficient (Wildman–Crippen LogP) is 3.55. The Labute approximate surface area is 159 Å². The average molecular weight is 399 g/mol. The molecule has 2 aromatic carbocycles. The molecule has 4 N–H and O–H groups in total. The second kappa shape index (κ2) is 8.70. The van der Waals surface area contributed by atoms with E-state index in [0.717, 1.165) is 17.7 Å². The molecule has 2 atom stereocenters. The van der Waals surface area contributed by atoms with E-state index in [2.05, 4.69) is 0 Å². The summed E-state index contributed by atoms with van der Waals surface area (Å²) in [5.74, 6) is -1.74. The van der Waals surface area contributed by atoms with E-state index in [1.54, 1.807) is 12.1 Å². The molecule has 0 amide bonds. The minimum atomic E-state index is -4.48. The van der Waals surface area contributed by atoms with Gasteiger partial charge in [0, 0.05) is 12.8 Å². The van der Waals surface area contributed by atoms with Crippen molar-refractivity contribution in [1.29, 1.82) is 0 Å². The van der Waals surface area contributed by atoms with Crippen molar-refractivity contribution in [2.75, 3.05) is 0 Å². The summed E-state index contributed by atoms with van der Waals surface area (Å²) >= 11 is 0. The van der Waals surface area contributed by atoms with Gasteiger partial charge in [-0.05, 0) is 48.2 Å². The molecule has 8 heteroatoms. The lowest BCUT2D eigenvalue weighted by molar-refractivity contribution is -0.144. The van der Waals surface area contributed by atoms with Gasteiger partial charge >= 0.3 is 12.1 Å². The summed E-state index contributed by atoms with van der Waals surface area (Å²) in [4.78, 5) is 11.6. The van der Waals surface area contributed by atoms with Gasteiger partial charge in [0.2, 0.25) is 0 Å². The van der Waals surface area contributed by atoms with Crippen LogP contribution < -0.4 is 5.73 Å². The van der Waals surface area contributed by atoms with Crippen molar-refractivity contribution in [3.8, 4) is 0 Å². The standard InChI is InChI=1S/C20H21F4NO3/c21-16-8-3-13(4-9-16)5-10-17(26)12-19(25,18(27)28)11-14-1-6-15(7-2-14)20(22,23)24/h1-4,6-9,17,26H,5,10-12,25H2,(H,27,28)/t17-,19+/m0/s1. The third-order valence-electron chi connectivity index (χ3n) is 4.51. The van der Waals surface area contributed by atoms with Crippen molar-refractivity contribution in [2.45, 2.75) is 43.5 Å². The Balaban J connectivity index is 2.01. The summed E-state index contributed by atoms with van der Waals surface area (Å²) < 4.78 is 50.8. The molecule has 0 heterocycles. The number of halogens is 4. The molecule has 152 valence electrons. The number of nitrogens with two attached hydrogens (primary N) is 1. The molecule has 0 aromatic heterocycles. The molecule has 0 aliphatic carbocycles. The van der Waals surface area contributed by atoms with Gasteiger partial charge in [-0.1, -0.05) is 24.3 Å². The number of carboxylic acids is 1. The lowest BCUT2D eigenvalue weighted by atomic mass is 9.85. The number of rotatable bonds is 8. The van der Waals surface area contributed by atoms with Crippen LogP contribution >= 0.6 is 0 Å². The SMILES string of the molecule is N[C@](Cc1ccc(C(F)(F)F)cc1)(C[C@@H](O)CCc1ccc(F)cc1)C(=O)O. The minimum Gasteiger partial charge on any atom is -0.480 e. The van der Waals surface area contributed by atoms with Crippen LogP contribution in [0.15, 0.2) is 48.5 Å². The molecule has 0 aliphatic heterocycles. The zero-order valence-electron chi connectivity index (χ0n) is 14.9. The summed E-state index contributed by atoms with van der Waals surface area (Å²) in [6.07, 6.45) is -5.41. The first-order valence-electron chi connectivity index (χ1n) is 8.60. The minimum absolute atomic E-state index is 0.213. The number of aryl methyl sites for hydroxylation is 1. The molecule has 2 rings (SSSR count). The van der Waals surface area contributed by atoms with Gasteiger partial charge in [0.25, 0.3) is 0 Å². The number of carboxylic acid groups (broad SMARTS) is 1. The van der Waals surface area contributed by atoms with Crippen molar-refractivity contribution >= 4 is 5.97 Å². The average Bonchev–Trinajstić information content (AvgIpc) is 2.60. The van der Waals surface area contributed by atoms with Gasteiger partial charge in [0.15, 0.2) is 0 Å². The largest absolute Gasteiger partial charge is 0.480 e. The van der Waals surface area contributed by atoms with E-state index in [9.17, 15) is 32.6 Å². The fraction of sp³-hybridized carbons (Fsp3) is 0.350. The first-order valence-corrected chi connectivity index (χ1v) is 8.60. The normalized spacial score (nSPS) is 15.1. The summed E-state index contributed by atoms with van der Waals surface area (Å²) in [7, 11) is 0. The van der Waals surface area contributed by atoms with Crippen LogP contribution in [0.5, 0.6) is 0 Å². The molecular formula is C20H21F4NO3. The highest BCUT2D eigenvalue weighted by molar-refractivity contribution is 5.79. The number of carbonyl (C=O) groups is 1. The van der Waals surface area contributed by atoms with Crippen molar-refractivity contribution in [2.24, 2.45) is 5.73 Å². The lowest BCUT2D eigenvalue weighted by Crippen LogP contribution is -2.52. The van der Waals surface area contributed by atoms with E-state index in [1.807, 2.05) is 0 Å². The predicted molar refractivity (Wildman–Crippen MR) is 95.0 cm³/mol. The van der Waals surface area contributed by atoms with Crippen molar-refractivity contribution in [3.05, 3.63) is 71.0 Å². The van der Waals surface area contributed by atoms with Gasteiger partial charge in [0.1, 0.15) is 11.4 Å². The van der Waals surface area contributed by atoms with Gasteiger partial charge in [0.05, 0.1) is 11.7 Å². The molecule has 0 radical (unpaired) electrons. The molecule has 2 aromatic rings. The molecule has 0 spiro atoms. The van der Waals surface area contributed by atoms with Gasteiger partial charge in [-0.15, -0.1) is 0 Å². The first-order chi connectivity index (χ1) is 13.0. The van der Waals surface area contributed by atoms with Gasteiger partial charge in [-0.3, -0.25) is 4.79 Å². The van der Waals surface area contributed by atoms with E-state index >= 15 is 0 Å². The fourth-order valence-electron chi connectivity index (χ4n) is 2.92. The Morgan fingerprint density at radius 1 is 1.00 bits per heavy atom. The van der Waals surface area contributed by atoms with Crippen LogP contribution in [-0.2, 0) is 23.8 Å². The molecule has 0 saturated carbocycles. The van der Waals surface area contributed by atoms with Gasteiger partial charge in [-0.25, -0.2) is 4.39 Å². The summed E-state index contributed by atoms with van der Waals surface area (Å²) in [6.45, 7) is 0. The maximum Gasteiger partial charge on any atom is 0.416 e. The van der Waals surface area contributed by atoms with E-state index in [0.29, 0.717) is 12.0 Å². The third-order valence-corrected chi connectivity index (χ3v) is 4.51. The smallest absolute Gasteiger partial charge is 0.416 e.